The second kappa shape index (κ2) is 10.1. The molecule has 0 N–H and O–H groups in total. The molecule has 0 aliphatic rings. The van der Waals surface area contributed by atoms with Crippen molar-refractivity contribution in [2.24, 2.45) is 0 Å². The number of anilines is 3. The van der Waals surface area contributed by atoms with Crippen molar-refractivity contribution >= 4 is 49.8 Å². The fraction of sp³-hybridized carbons (Fsp3) is 0. The Morgan fingerprint density at radius 3 is 1.81 bits per heavy atom. The maximum absolute atomic E-state index is 6.45. The molecule has 2 heterocycles. The molecule has 0 radical (unpaired) electrons. The fourth-order valence-corrected chi connectivity index (χ4v) is 5.82. The van der Waals surface area contributed by atoms with Crippen molar-refractivity contribution in [3.8, 4) is 22.3 Å². The molecule has 0 saturated carbocycles. The zero-order chi connectivity index (χ0) is 27.9. The van der Waals surface area contributed by atoms with Crippen molar-refractivity contribution in [2.45, 2.75) is 0 Å². The molecular formula is C39H26N2O. The number of hydrogen-bond acceptors (Lipinski definition) is 3. The third kappa shape index (κ3) is 4.20. The van der Waals surface area contributed by atoms with E-state index < -0.39 is 0 Å². The summed E-state index contributed by atoms with van der Waals surface area (Å²) >= 11 is 0. The van der Waals surface area contributed by atoms with Crippen LogP contribution in [0.5, 0.6) is 0 Å². The molecule has 0 unspecified atom stereocenters. The summed E-state index contributed by atoms with van der Waals surface area (Å²) < 4.78 is 6.45. The Labute approximate surface area is 243 Å². The number of aromatic nitrogens is 1. The van der Waals surface area contributed by atoms with Crippen LogP contribution in [0.1, 0.15) is 0 Å². The Balaban J connectivity index is 1.26. The maximum atomic E-state index is 6.45. The molecule has 0 aliphatic carbocycles. The van der Waals surface area contributed by atoms with Gasteiger partial charge in [-0.25, -0.2) is 0 Å². The third-order valence-electron chi connectivity index (χ3n) is 7.95. The highest BCUT2D eigenvalue weighted by atomic mass is 16.3. The van der Waals surface area contributed by atoms with Gasteiger partial charge in [-0.1, -0.05) is 109 Å². The molecule has 0 saturated heterocycles. The number of nitrogens with zero attached hydrogens (tertiary/aromatic N) is 2. The number of hydrogen-bond donors (Lipinski definition) is 0. The van der Waals surface area contributed by atoms with Gasteiger partial charge < -0.3 is 9.32 Å². The maximum Gasteiger partial charge on any atom is 0.162 e. The highest BCUT2D eigenvalue weighted by Crippen LogP contribution is 2.42. The van der Waals surface area contributed by atoms with Crippen LogP contribution in [0.4, 0.5) is 17.1 Å². The number of furan rings is 1. The summed E-state index contributed by atoms with van der Waals surface area (Å²) in [4.78, 5) is 6.90. The second-order valence-corrected chi connectivity index (χ2v) is 10.5. The first-order valence-corrected chi connectivity index (χ1v) is 14.1. The molecule has 0 atom stereocenters. The van der Waals surface area contributed by atoms with E-state index in [2.05, 4.69) is 131 Å². The van der Waals surface area contributed by atoms with Crippen LogP contribution >= 0.6 is 0 Å². The van der Waals surface area contributed by atoms with Crippen LogP contribution < -0.4 is 4.90 Å². The van der Waals surface area contributed by atoms with E-state index in [0.717, 1.165) is 39.0 Å². The fourth-order valence-electron chi connectivity index (χ4n) is 5.82. The highest BCUT2D eigenvalue weighted by molar-refractivity contribution is 6.09. The molecule has 3 heteroatoms. The van der Waals surface area contributed by atoms with Gasteiger partial charge in [-0.3, -0.25) is 4.98 Å². The van der Waals surface area contributed by atoms with Crippen LogP contribution in [0.25, 0.3) is 55.0 Å². The second-order valence-electron chi connectivity index (χ2n) is 10.5. The first-order valence-electron chi connectivity index (χ1n) is 14.1. The van der Waals surface area contributed by atoms with Crippen LogP contribution in [0.3, 0.4) is 0 Å². The monoisotopic (exact) mass is 538 g/mol. The van der Waals surface area contributed by atoms with Crippen LogP contribution in [0.15, 0.2) is 162 Å². The van der Waals surface area contributed by atoms with Gasteiger partial charge in [0.25, 0.3) is 0 Å². The molecule has 0 aliphatic heterocycles. The first-order chi connectivity index (χ1) is 20.8. The van der Waals surface area contributed by atoms with Crippen LogP contribution in [-0.4, -0.2) is 4.98 Å². The van der Waals surface area contributed by atoms with Crippen molar-refractivity contribution in [3.63, 3.8) is 0 Å². The predicted octanol–water partition coefficient (Wildman–Crippen LogP) is 10.9. The van der Waals surface area contributed by atoms with Gasteiger partial charge in [-0.15, -0.1) is 0 Å². The van der Waals surface area contributed by atoms with E-state index in [4.69, 9.17) is 4.42 Å². The number of fused-ring (bicyclic) bond motifs is 4. The Hall–Kier alpha value is -5.67. The number of para-hydroxylation sites is 1. The molecule has 0 spiro atoms. The molecule has 0 bridgehead atoms. The van der Waals surface area contributed by atoms with Crippen molar-refractivity contribution in [3.05, 3.63) is 158 Å². The summed E-state index contributed by atoms with van der Waals surface area (Å²) in [6.45, 7) is 0. The van der Waals surface area contributed by atoms with E-state index >= 15 is 0 Å². The molecule has 8 rings (SSSR count). The van der Waals surface area contributed by atoms with E-state index in [-0.39, 0.29) is 0 Å². The quantitative estimate of drug-likeness (QED) is 0.218. The minimum Gasteiger partial charge on any atom is -0.454 e. The smallest absolute Gasteiger partial charge is 0.162 e. The number of rotatable bonds is 5. The van der Waals surface area contributed by atoms with Crippen LogP contribution in [0.2, 0.25) is 0 Å². The summed E-state index contributed by atoms with van der Waals surface area (Å²) in [5, 5.41) is 4.55. The first kappa shape index (κ1) is 24.2. The van der Waals surface area contributed by atoms with Crippen molar-refractivity contribution < 1.29 is 4.42 Å². The number of benzene rings is 6. The van der Waals surface area contributed by atoms with Gasteiger partial charge in [0.05, 0.1) is 6.20 Å². The lowest BCUT2D eigenvalue weighted by Gasteiger charge is -2.25. The van der Waals surface area contributed by atoms with E-state index in [9.17, 15) is 0 Å². The zero-order valence-electron chi connectivity index (χ0n) is 22.8. The van der Waals surface area contributed by atoms with Gasteiger partial charge in [0.15, 0.2) is 5.58 Å². The molecule has 2 aromatic heterocycles. The van der Waals surface area contributed by atoms with Crippen LogP contribution in [0, 0.1) is 0 Å². The lowest BCUT2D eigenvalue weighted by atomic mass is 10.0. The molecule has 6 aromatic carbocycles. The molecular weight excluding hydrogens is 512 g/mol. The van der Waals surface area contributed by atoms with Gasteiger partial charge in [0, 0.05) is 28.3 Å². The summed E-state index contributed by atoms with van der Waals surface area (Å²) in [5.74, 6) is 0. The average Bonchev–Trinajstić information content (AvgIpc) is 3.45. The summed E-state index contributed by atoms with van der Waals surface area (Å²) in [6.07, 6.45) is 3.79. The highest BCUT2D eigenvalue weighted by Gasteiger charge is 2.20. The predicted molar refractivity (Wildman–Crippen MR) is 175 cm³/mol. The minimum absolute atomic E-state index is 0.817. The zero-order valence-corrected chi connectivity index (χ0v) is 22.8. The molecule has 42 heavy (non-hydrogen) atoms. The largest absolute Gasteiger partial charge is 0.454 e. The lowest BCUT2D eigenvalue weighted by Crippen LogP contribution is -2.10. The van der Waals surface area contributed by atoms with Crippen LogP contribution in [-0.2, 0) is 0 Å². The van der Waals surface area contributed by atoms with E-state index in [1.807, 2.05) is 36.7 Å². The van der Waals surface area contributed by atoms with Gasteiger partial charge >= 0.3 is 0 Å². The Morgan fingerprint density at radius 1 is 0.452 bits per heavy atom. The van der Waals surface area contributed by atoms with Gasteiger partial charge in [-0.2, -0.15) is 0 Å². The Bertz CT molecular complexity index is 2180. The standard InChI is InChI=1S/C39H26N2O/c1-2-8-27(9-3-1)29-16-20-33(21-17-29)41(37-26-40-25-36-35-12-6-7-13-38(35)42-39(36)37)34-22-18-30(19-23-34)32-15-14-28-10-4-5-11-31(28)24-32/h1-26H. The molecule has 198 valence electrons. The van der Waals surface area contributed by atoms with Gasteiger partial charge in [0.1, 0.15) is 11.3 Å². The topological polar surface area (TPSA) is 29.3 Å². The Kier molecular flexibility index (Phi) is 5.79. The van der Waals surface area contributed by atoms with Crippen molar-refractivity contribution in [1.82, 2.24) is 4.98 Å². The molecule has 3 nitrogen and oxygen atoms in total. The summed E-state index contributed by atoms with van der Waals surface area (Å²) in [7, 11) is 0. The summed E-state index contributed by atoms with van der Waals surface area (Å²) in [6, 6.07) is 51.1. The molecule has 0 amide bonds. The minimum atomic E-state index is 0.817. The molecule has 8 aromatic rings. The average molecular weight is 539 g/mol. The SMILES string of the molecule is c1ccc(-c2ccc(N(c3ccc(-c4ccc5ccccc5c4)cc3)c3cncc4c3oc3ccccc34)cc2)cc1. The van der Waals surface area contributed by atoms with Crippen molar-refractivity contribution in [1.29, 1.82) is 0 Å². The summed E-state index contributed by atoms with van der Waals surface area (Å²) in [5.41, 5.74) is 9.36. The van der Waals surface area contributed by atoms with Gasteiger partial charge in [0.2, 0.25) is 0 Å². The normalized spacial score (nSPS) is 11.3. The van der Waals surface area contributed by atoms with Gasteiger partial charge in [-0.05, 0) is 69.4 Å². The van der Waals surface area contributed by atoms with E-state index in [1.165, 1.54) is 33.0 Å². The third-order valence-corrected chi connectivity index (χ3v) is 7.95. The number of pyridine rings is 1. The van der Waals surface area contributed by atoms with E-state index in [0.29, 0.717) is 0 Å². The lowest BCUT2D eigenvalue weighted by molar-refractivity contribution is 0.668. The Morgan fingerprint density at radius 2 is 1.05 bits per heavy atom. The molecule has 0 fully saturated rings. The van der Waals surface area contributed by atoms with Crippen molar-refractivity contribution in [2.75, 3.05) is 4.90 Å². The van der Waals surface area contributed by atoms with E-state index in [1.54, 1.807) is 0 Å².